The number of rotatable bonds is 5. The highest BCUT2D eigenvalue weighted by atomic mass is 16.5. The second-order valence-corrected chi connectivity index (χ2v) is 8.15. The molecule has 0 unspecified atom stereocenters. The topological polar surface area (TPSA) is 86.0 Å². The van der Waals surface area contributed by atoms with E-state index in [1.54, 1.807) is 41.6 Å². The van der Waals surface area contributed by atoms with Gasteiger partial charge in [-0.15, -0.1) is 0 Å². The van der Waals surface area contributed by atoms with Crippen LogP contribution in [0.2, 0.25) is 0 Å². The van der Waals surface area contributed by atoms with Gasteiger partial charge in [-0.1, -0.05) is 12.1 Å². The van der Waals surface area contributed by atoms with Crippen LogP contribution < -0.4 is 4.74 Å². The Balaban J connectivity index is 1.28. The minimum atomic E-state index is -0.0284. The fraction of sp³-hybridized carbons (Fsp3) is 0.240. The molecule has 4 heterocycles. The van der Waals surface area contributed by atoms with Gasteiger partial charge in [0, 0.05) is 43.8 Å². The molecule has 0 aliphatic carbocycles. The molecule has 5 rings (SSSR count). The number of carbonyl (C=O) groups excluding carboxylic acids is 1. The third-order valence-corrected chi connectivity index (χ3v) is 5.70. The van der Waals surface area contributed by atoms with E-state index in [9.17, 15) is 4.79 Å². The van der Waals surface area contributed by atoms with Crippen molar-refractivity contribution >= 4 is 5.91 Å². The monoisotopic (exact) mass is 440 g/mol. The van der Waals surface area contributed by atoms with E-state index in [1.807, 2.05) is 48.4 Å². The molecule has 3 aromatic heterocycles. The predicted molar refractivity (Wildman–Crippen MR) is 123 cm³/mol. The van der Waals surface area contributed by atoms with Gasteiger partial charge in [-0.05, 0) is 55.7 Å². The Bertz CT molecular complexity index is 1240. The summed E-state index contributed by atoms with van der Waals surface area (Å²) >= 11 is 0. The summed E-state index contributed by atoms with van der Waals surface area (Å²) in [6, 6.07) is 13.3. The maximum absolute atomic E-state index is 13.1. The summed E-state index contributed by atoms with van der Waals surface area (Å²) in [6.07, 6.45) is 10.4. The Labute approximate surface area is 191 Å². The molecule has 4 aromatic rings. The molecule has 33 heavy (non-hydrogen) atoms. The van der Waals surface area contributed by atoms with E-state index in [0.717, 1.165) is 29.8 Å². The van der Waals surface area contributed by atoms with Gasteiger partial charge in [-0.2, -0.15) is 5.10 Å². The summed E-state index contributed by atoms with van der Waals surface area (Å²) in [5.74, 6) is 1.94. The minimum absolute atomic E-state index is 0.0284. The molecule has 0 saturated carbocycles. The van der Waals surface area contributed by atoms with Crippen LogP contribution in [0.1, 0.15) is 40.4 Å². The summed E-state index contributed by atoms with van der Waals surface area (Å²) in [7, 11) is 0. The van der Waals surface area contributed by atoms with Crippen LogP contribution in [0, 0.1) is 6.92 Å². The number of benzene rings is 1. The number of hydrogen-bond donors (Lipinski definition) is 0. The molecule has 166 valence electrons. The van der Waals surface area contributed by atoms with Crippen molar-refractivity contribution < 1.29 is 9.53 Å². The van der Waals surface area contributed by atoms with Crippen molar-refractivity contribution in [1.82, 2.24) is 29.6 Å². The molecule has 8 nitrogen and oxygen atoms in total. The van der Waals surface area contributed by atoms with Crippen LogP contribution in [0.4, 0.5) is 0 Å². The highest BCUT2D eigenvalue weighted by molar-refractivity contribution is 5.94. The number of carbonyl (C=O) groups is 1. The summed E-state index contributed by atoms with van der Waals surface area (Å²) in [6.45, 7) is 3.31. The first-order chi connectivity index (χ1) is 16.2. The summed E-state index contributed by atoms with van der Waals surface area (Å²) < 4.78 is 7.57. The Morgan fingerprint density at radius 3 is 2.85 bits per heavy atom. The van der Waals surface area contributed by atoms with Crippen molar-refractivity contribution in [3.8, 4) is 17.4 Å². The number of pyridine rings is 1. The minimum Gasteiger partial charge on any atom is -0.437 e. The molecule has 8 heteroatoms. The van der Waals surface area contributed by atoms with E-state index in [-0.39, 0.29) is 11.8 Å². The van der Waals surface area contributed by atoms with Gasteiger partial charge in [0.1, 0.15) is 5.75 Å². The maximum atomic E-state index is 13.1. The molecule has 0 N–H and O–H groups in total. The highest BCUT2D eigenvalue weighted by Crippen LogP contribution is 2.28. The van der Waals surface area contributed by atoms with Gasteiger partial charge >= 0.3 is 0 Å². The number of piperidine rings is 1. The molecule has 1 fully saturated rings. The molecular weight excluding hydrogens is 416 g/mol. The smallest absolute Gasteiger partial charge is 0.255 e. The Morgan fingerprint density at radius 2 is 2.06 bits per heavy atom. The second kappa shape index (κ2) is 9.20. The average molecular weight is 441 g/mol. The van der Waals surface area contributed by atoms with E-state index in [0.29, 0.717) is 30.4 Å². The molecule has 1 aliphatic heterocycles. The van der Waals surface area contributed by atoms with Crippen molar-refractivity contribution in [2.75, 3.05) is 13.1 Å². The van der Waals surface area contributed by atoms with Crippen molar-refractivity contribution in [2.45, 2.75) is 25.7 Å². The van der Waals surface area contributed by atoms with E-state index in [4.69, 9.17) is 4.74 Å². The number of aromatic nitrogens is 5. The molecule has 0 bridgehead atoms. The average Bonchev–Trinajstić information content (AvgIpc) is 3.39. The number of likely N-dealkylation sites (tertiary alicyclic amines) is 1. The third-order valence-electron chi connectivity index (χ3n) is 5.70. The van der Waals surface area contributed by atoms with Crippen LogP contribution in [0.25, 0.3) is 5.82 Å². The summed E-state index contributed by atoms with van der Waals surface area (Å²) in [5, 5.41) is 4.17. The Hall–Kier alpha value is -4.07. The molecule has 1 aromatic carbocycles. The molecule has 1 saturated heterocycles. The normalized spacial score (nSPS) is 15.9. The number of amides is 1. The number of hydrogen-bond acceptors (Lipinski definition) is 6. The zero-order chi connectivity index (χ0) is 22.6. The lowest BCUT2D eigenvalue weighted by molar-refractivity contribution is 0.0705. The van der Waals surface area contributed by atoms with Crippen LogP contribution in [0.5, 0.6) is 11.6 Å². The van der Waals surface area contributed by atoms with Gasteiger partial charge in [0.15, 0.2) is 5.82 Å². The van der Waals surface area contributed by atoms with Gasteiger partial charge in [0.2, 0.25) is 5.88 Å². The largest absolute Gasteiger partial charge is 0.437 e. The van der Waals surface area contributed by atoms with Crippen LogP contribution >= 0.6 is 0 Å². The number of nitrogens with zero attached hydrogens (tertiary/aromatic N) is 6. The summed E-state index contributed by atoms with van der Waals surface area (Å²) in [5.41, 5.74) is 2.52. The van der Waals surface area contributed by atoms with Crippen LogP contribution in [0.15, 0.2) is 73.4 Å². The lowest BCUT2D eigenvalue weighted by Crippen LogP contribution is -2.39. The SMILES string of the molecule is Cc1cccc(Oc2cncc([C@H]3CCCN(C(=O)c4ccc(-n5cccn5)nc4)C3)n2)c1. The van der Waals surface area contributed by atoms with Crippen LogP contribution in [0.3, 0.4) is 0 Å². The zero-order valence-corrected chi connectivity index (χ0v) is 18.3. The number of aryl methyl sites for hydroxylation is 1. The molecule has 1 amide bonds. The highest BCUT2D eigenvalue weighted by Gasteiger charge is 2.27. The van der Waals surface area contributed by atoms with E-state index in [2.05, 4.69) is 20.1 Å². The number of ether oxygens (including phenoxy) is 1. The standard InChI is InChI=1S/C25H24N6O2/c1-18-5-2-7-21(13-18)33-24-16-26-15-22(29-24)20-6-3-11-30(17-20)25(32)19-8-9-23(27-14-19)31-12-4-10-28-31/h2,4-5,7-10,12-16,20H,3,6,11,17H2,1H3/t20-/m0/s1. The van der Waals surface area contributed by atoms with Crippen LogP contribution in [-0.2, 0) is 0 Å². The molecule has 0 radical (unpaired) electrons. The lowest BCUT2D eigenvalue weighted by Gasteiger charge is -2.32. The quantitative estimate of drug-likeness (QED) is 0.463. The van der Waals surface area contributed by atoms with E-state index >= 15 is 0 Å². The Morgan fingerprint density at radius 1 is 1.12 bits per heavy atom. The first-order valence-corrected chi connectivity index (χ1v) is 11.0. The summed E-state index contributed by atoms with van der Waals surface area (Å²) in [4.78, 5) is 28.4. The zero-order valence-electron chi connectivity index (χ0n) is 18.3. The van der Waals surface area contributed by atoms with E-state index in [1.165, 1.54) is 0 Å². The predicted octanol–water partition coefficient (Wildman–Crippen LogP) is 4.18. The lowest BCUT2D eigenvalue weighted by atomic mass is 9.94. The molecule has 1 aliphatic rings. The van der Waals surface area contributed by atoms with Crippen molar-refractivity contribution in [3.63, 3.8) is 0 Å². The van der Waals surface area contributed by atoms with Gasteiger partial charge < -0.3 is 9.64 Å². The van der Waals surface area contributed by atoms with Crippen molar-refractivity contribution in [1.29, 1.82) is 0 Å². The molecule has 1 atom stereocenters. The second-order valence-electron chi connectivity index (χ2n) is 8.15. The van der Waals surface area contributed by atoms with Gasteiger partial charge in [-0.25, -0.2) is 14.6 Å². The van der Waals surface area contributed by atoms with Gasteiger partial charge in [0.25, 0.3) is 5.91 Å². The van der Waals surface area contributed by atoms with Gasteiger partial charge in [-0.3, -0.25) is 9.78 Å². The van der Waals surface area contributed by atoms with Gasteiger partial charge in [0.05, 0.1) is 17.5 Å². The fourth-order valence-corrected chi connectivity index (χ4v) is 4.05. The first-order valence-electron chi connectivity index (χ1n) is 11.0. The van der Waals surface area contributed by atoms with Crippen LogP contribution in [-0.4, -0.2) is 48.6 Å². The van der Waals surface area contributed by atoms with E-state index < -0.39 is 0 Å². The first kappa shape index (κ1) is 20.8. The molecule has 0 spiro atoms. The molecular formula is C25H24N6O2. The Kier molecular flexibility index (Phi) is 5.80. The fourth-order valence-electron chi connectivity index (χ4n) is 4.05. The van der Waals surface area contributed by atoms with Crippen molar-refractivity contribution in [3.05, 3.63) is 90.3 Å². The third kappa shape index (κ3) is 4.74. The van der Waals surface area contributed by atoms with Crippen molar-refractivity contribution in [2.24, 2.45) is 0 Å². The maximum Gasteiger partial charge on any atom is 0.255 e.